The van der Waals surface area contributed by atoms with E-state index in [1.807, 2.05) is 29.8 Å². The van der Waals surface area contributed by atoms with Crippen molar-refractivity contribution in [1.82, 2.24) is 4.67 Å². The van der Waals surface area contributed by atoms with Crippen molar-refractivity contribution >= 4 is 7.52 Å². The average molecular weight is 253 g/mol. The maximum Gasteiger partial charge on any atom is 0.272 e. The van der Waals surface area contributed by atoms with Crippen LogP contribution in [-0.4, -0.2) is 24.0 Å². The first-order valence-corrected chi connectivity index (χ1v) is 8.04. The Morgan fingerprint density at radius 1 is 1.29 bits per heavy atom. The van der Waals surface area contributed by atoms with E-state index in [1.165, 1.54) is 5.56 Å². The van der Waals surface area contributed by atoms with Gasteiger partial charge in [0.05, 0.1) is 6.61 Å². The molecule has 0 radical (unpaired) electrons. The molecule has 0 saturated carbocycles. The second-order valence-corrected chi connectivity index (χ2v) is 6.91. The lowest BCUT2D eigenvalue weighted by Gasteiger charge is -2.34. The smallest absolute Gasteiger partial charge is 0.272 e. The molecule has 17 heavy (non-hydrogen) atoms. The van der Waals surface area contributed by atoms with Gasteiger partial charge in [0.15, 0.2) is 0 Å². The predicted octanol–water partition coefficient (Wildman–Crippen LogP) is 3.51. The Morgan fingerprint density at radius 3 is 2.76 bits per heavy atom. The molecular weight excluding hydrogens is 233 g/mol. The Morgan fingerprint density at radius 2 is 2.06 bits per heavy atom. The Labute approximate surface area is 103 Å². The van der Waals surface area contributed by atoms with Gasteiger partial charge in [-0.05, 0) is 25.3 Å². The van der Waals surface area contributed by atoms with Crippen molar-refractivity contribution in [2.75, 3.05) is 19.3 Å². The lowest BCUT2D eigenvalue weighted by molar-refractivity contribution is 0.252. The minimum Gasteiger partial charge on any atom is -0.318 e. The van der Waals surface area contributed by atoms with Crippen LogP contribution in [0, 0.1) is 0 Å². The topological polar surface area (TPSA) is 29.5 Å². The van der Waals surface area contributed by atoms with Gasteiger partial charge in [-0.3, -0.25) is 4.57 Å². The second-order valence-electron chi connectivity index (χ2n) is 4.36. The van der Waals surface area contributed by atoms with Gasteiger partial charge in [-0.25, -0.2) is 4.67 Å². The normalized spacial score (nSPS) is 25.9. The highest BCUT2D eigenvalue weighted by molar-refractivity contribution is 7.56. The van der Waals surface area contributed by atoms with Crippen molar-refractivity contribution in [3.8, 4) is 0 Å². The Bertz CT molecular complexity index is 388. The van der Waals surface area contributed by atoms with Crippen molar-refractivity contribution in [1.29, 1.82) is 0 Å². The zero-order valence-electron chi connectivity index (χ0n) is 10.3. The van der Waals surface area contributed by atoms with E-state index in [0.29, 0.717) is 12.8 Å². The molecule has 3 nitrogen and oxygen atoms in total. The summed E-state index contributed by atoms with van der Waals surface area (Å²) in [4.78, 5) is 0. The van der Waals surface area contributed by atoms with Crippen LogP contribution >= 0.6 is 7.52 Å². The van der Waals surface area contributed by atoms with Gasteiger partial charge in [0.2, 0.25) is 0 Å². The number of nitrogens with zero attached hydrogens (tertiary/aromatic N) is 1. The van der Waals surface area contributed by atoms with Crippen molar-refractivity contribution < 1.29 is 9.09 Å². The first-order chi connectivity index (χ1) is 8.24. The zero-order valence-corrected chi connectivity index (χ0v) is 11.2. The van der Waals surface area contributed by atoms with Crippen LogP contribution in [-0.2, 0) is 15.6 Å². The van der Waals surface area contributed by atoms with Crippen LogP contribution in [0.3, 0.4) is 0 Å². The van der Waals surface area contributed by atoms with E-state index in [4.69, 9.17) is 4.52 Å². The third-order valence-electron chi connectivity index (χ3n) is 3.08. The standard InChI is InChI=1S/C13H20NO2P/c1-2-16-17(15)11-7-6-10-14(17)12-13-8-4-3-5-9-13/h3-5,8-9H,2,6-7,10-12H2,1H3. The molecule has 0 spiro atoms. The SMILES string of the molecule is CCOP1(=O)CCCCN1Cc1ccccc1. The quantitative estimate of drug-likeness (QED) is 0.769. The van der Waals surface area contributed by atoms with Gasteiger partial charge in [0.1, 0.15) is 0 Å². The lowest BCUT2D eigenvalue weighted by atomic mass is 10.2. The van der Waals surface area contributed by atoms with E-state index in [2.05, 4.69) is 12.1 Å². The molecule has 1 aromatic carbocycles. The van der Waals surface area contributed by atoms with E-state index in [0.717, 1.165) is 25.9 Å². The Kier molecular flexibility index (Phi) is 4.38. The van der Waals surface area contributed by atoms with Crippen LogP contribution in [0.15, 0.2) is 30.3 Å². The molecule has 1 aromatic rings. The number of rotatable bonds is 4. The van der Waals surface area contributed by atoms with Crippen LogP contribution < -0.4 is 0 Å². The molecule has 1 atom stereocenters. The molecule has 0 amide bonds. The van der Waals surface area contributed by atoms with Gasteiger partial charge in [-0.15, -0.1) is 0 Å². The maximum atomic E-state index is 12.7. The summed E-state index contributed by atoms with van der Waals surface area (Å²) in [6, 6.07) is 10.2. The molecule has 0 N–H and O–H groups in total. The Balaban J connectivity index is 2.09. The number of benzene rings is 1. The van der Waals surface area contributed by atoms with Crippen molar-refractivity contribution in [3.63, 3.8) is 0 Å². The molecule has 1 aliphatic heterocycles. The van der Waals surface area contributed by atoms with Crippen LogP contribution in [0.4, 0.5) is 0 Å². The summed E-state index contributed by atoms with van der Waals surface area (Å²) in [6.45, 7) is 4.06. The van der Waals surface area contributed by atoms with Crippen molar-refractivity contribution in [2.45, 2.75) is 26.3 Å². The second kappa shape index (κ2) is 5.81. The van der Waals surface area contributed by atoms with E-state index >= 15 is 0 Å². The maximum absolute atomic E-state index is 12.7. The largest absolute Gasteiger partial charge is 0.318 e. The molecule has 1 unspecified atom stereocenters. The highest BCUT2D eigenvalue weighted by Crippen LogP contribution is 2.54. The van der Waals surface area contributed by atoms with Gasteiger partial charge >= 0.3 is 0 Å². The zero-order chi connectivity index (χ0) is 12.1. The van der Waals surface area contributed by atoms with Gasteiger partial charge in [-0.2, -0.15) is 0 Å². The fourth-order valence-corrected chi connectivity index (χ4v) is 4.66. The summed E-state index contributed by atoms with van der Waals surface area (Å²) < 4.78 is 20.2. The Hall–Kier alpha value is -0.630. The summed E-state index contributed by atoms with van der Waals surface area (Å²) in [6.07, 6.45) is 2.83. The molecular formula is C13H20NO2P. The molecule has 0 aromatic heterocycles. The summed E-state index contributed by atoms with van der Waals surface area (Å²) in [5.41, 5.74) is 1.20. The van der Waals surface area contributed by atoms with Crippen LogP contribution in [0.2, 0.25) is 0 Å². The number of hydrogen-bond acceptors (Lipinski definition) is 2. The fourth-order valence-electron chi connectivity index (χ4n) is 2.23. The minimum atomic E-state index is -2.56. The minimum absolute atomic E-state index is 0.530. The van der Waals surface area contributed by atoms with Gasteiger partial charge in [-0.1, -0.05) is 30.3 Å². The molecule has 94 valence electrons. The van der Waals surface area contributed by atoms with Crippen molar-refractivity contribution in [2.24, 2.45) is 0 Å². The van der Waals surface area contributed by atoms with E-state index < -0.39 is 7.52 Å². The van der Waals surface area contributed by atoms with E-state index in [1.54, 1.807) is 0 Å². The third kappa shape index (κ3) is 3.19. The first-order valence-electron chi connectivity index (χ1n) is 6.27. The fraction of sp³-hybridized carbons (Fsp3) is 0.538. The molecule has 0 bridgehead atoms. The molecule has 0 aliphatic carbocycles. The molecule has 1 saturated heterocycles. The summed E-state index contributed by atoms with van der Waals surface area (Å²) >= 11 is 0. The average Bonchev–Trinajstić information content (AvgIpc) is 2.34. The van der Waals surface area contributed by atoms with E-state index in [-0.39, 0.29) is 0 Å². The van der Waals surface area contributed by atoms with Crippen LogP contribution in [0.1, 0.15) is 25.3 Å². The van der Waals surface area contributed by atoms with Gasteiger partial charge < -0.3 is 4.52 Å². The summed E-state index contributed by atoms with van der Waals surface area (Å²) in [7, 11) is -2.56. The molecule has 1 aliphatic rings. The molecule has 4 heteroatoms. The first kappa shape index (κ1) is 12.8. The van der Waals surface area contributed by atoms with Crippen LogP contribution in [0.5, 0.6) is 0 Å². The molecule has 1 heterocycles. The predicted molar refractivity (Wildman–Crippen MR) is 70.2 cm³/mol. The third-order valence-corrected chi connectivity index (χ3v) is 5.82. The van der Waals surface area contributed by atoms with Crippen molar-refractivity contribution in [3.05, 3.63) is 35.9 Å². The number of hydrogen-bond donors (Lipinski definition) is 0. The van der Waals surface area contributed by atoms with Gasteiger partial charge in [0.25, 0.3) is 7.52 Å². The van der Waals surface area contributed by atoms with Crippen LogP contribution in [0.25, 0.3) is 0 Å². The summed E-state index contributed by atoms with van der Waals surface area (Å²) in [5.74, 6) is 0. The molecule has 2 rings (SSSR count). The highest BCUT2D eigenvalue weighted by Gasteiger charge is 2.33. The monoisotopic (exact) mass is 253 g/mol. The highest BCUT2D eigenvalue weighted by atomic mass is 31.2. The summed E-state index contributed by atoms with van der Waals surface area (Å²) in [5, 5.41) is 0. The van der Waals surface area contributed by atoms with E-state index in [9.17, 15) is 4.57 Å². The molecule has 1 fully saturated rings. The van der Waals surface area contributed by atoms with Gasteiger partial charge in [0, 0.05) is 19.3 Å². The lowest BCUT2D eigenvalue weighted by Crippen LogP contribution is -2.28.